The van der Waals surface area contributed by atoms with Crippen molar-refractivity contribution in [3.8, 4) is 0 Å². The number of ether oxygens (including phenoxy) is 1. The fourth-order valence-electron chi connectivity index (χ4n) is 1.53. The van der Waals surface area contributed by atoms with Gasteiger partial charge in [-0.1, -0.05) is 0 Å². The lowest BCUT2D eigenvalue weighted by molar-refractivity contribution is 0.105. The molecule has 0 aromatic carbocycles. The number of hydrogen-bond acceptors (Lipinski definition) is 3. The number of hydrogen-bond donors (Lipinski definition) is 1. The molecule has 0 unspecified atom stereocenters. The van der Waals surface area contributed by atoms with Crippen LogP contribution < -0.4 is 5.73 Å². The fourth-order valence-corrected chi connectivity index (χ4v) is 1.92. The molecule has 1 aromatic rings. The third-order valence-corrected chi connectivity index (χ3v) is 2.63. The summed E-state index contributed by atoms with van der Waals surface area (Å²) in [4.78, 5) is 4.08. The molecule has 0 bridgehead atoms. The van der Waals surface area contributed by atoms with Gasteiger partial charge in [0.15, 0.2) is 0 Å². The number of pyridine rings is 1. The molecule has 3 nitrogen and oxygen atoms in total. The molecule has 2 rings (SSSR count). The van der Waals surface area contributed by atoms with Crippen molar-refractivity contribution in [1.29, 1.82) is 0 Å². The Morgan fingerprint density at radius 3 is 3.00 bits per heavy atom. The molecular weight excluding hydrogens is 232 g/mol. The minimum absolute atomic E-state index is 0.0185. The summed E-state index contributed by atoms with van der Waals surface area (Å²) in [6.07, 6.45) is 4.51. The predicted molar refractivity (Wildman–Crippen MR) is 53.2 cm³/mol. The maximum atomic E-state index is 5.89. The lowest BCUT2D eigenvalue weighted by Crippen LogP contribution is -2.23. The smallest absolute Gasteiger partial charge is 0.0991 e. The van der Waals surface area contributed by atoms with Crippen LogP contribution in [0.1, 0.15) is 18.1 Å². The minimum Gasteiger partial charge on any atom is -0.372 e. The highest BCUT2D eigenvalue weighted by molar-refractivity contribution is 9.10. The molecule has 2 atom stereocenters. The second-order valence-electron chi connectivity index (χ2n) is 3.18. The minimum atomic E-state index is 0.0185. The molecule has 1 aromatic heterocycles. The van der Waals surface area contributed by atoms with Crippen LogP contribution in [-0.4, -0.2) is 17.6 Å². The molecule has 1 fully saturated rings. The first-order valence-electron chi connectivity index (χ1n) is 4.25. The van der Waals surface area contributed by atoms with E-state index >= 15 is 0 Å². The van der Waals surface area contributed by atoms with Crippen molar-refractivity contribution >= 4 is 15.9 Å². The topological polar surface area (TPSA) is 48.1 Å². The third kappa shape index (κ3) is 1.90. The summed E-state index contributed by atoms with van der Waals surface area (Å²) in [6, 6.07) is 2.11. The van der Waals surface area contributed by atoms with Crippen molar-refractivity contribution in [2.75, 3.05) is 6.61 Å². The van der Waals surface area contributed by atoms with E-state index in [1.54, 1.807) is 12.4 Å². The predicted octanol–water partition coefficient (Wildman–Crippen LogP) is 1.63. The Morgan fingerprint density at radius 1 is 1.54 bits per heavy atom. The Morgan fingerprint density at radius 2 is 2.38 bits per heavy atom. The van der Waals surface area contributed by atoms with Gasteiger partial charge in [-0.25, -0.2) is 0 Å². The van der Waals surface area contributed by atoms with Gasteiger partial charge in [0, 0.05) is 35.1 Å². The van der Waals surface area contributed by atoms with Crippen molar-refractivity contribution in [3.63, 3.8) is 0 Å². The molecule has 0 radical (unpaired) electrons. The van der Waals surface area contributed by atoms with Crippen LogP contribution in [0.15, 0.2) is 22.9 Å². The quantitative estimate of drug-likeness (QED) is 0.815. The maximum absolute atomic E-state index is 5.89. The van der Waals surface area contributed by atoms with E-state index in [1.165, 1.54) is 0 Å². The van der Waals surface area contributed by atoms with Gasteiger partial charge in [0.05, 0.1) is 6.10 Å². The van der Waals surface area contributed by atoms with Gasteiger partial charge in [-0.15, -0.1) is 0 Å². The van der Waals surface area contributed by atoms with Crippen LogP contribution in [-0.2, 0) is 4.74 Å². The lowest BCUT2D eigenvalue weighted by atomic mass is 10.1. The van der Waals surface area contributed by atoms with Crippen LogP contribution in [0.2, 0.25) is 0 Å². The van der Waals surface area contributed by atoms with Crippen LogP contribution in [0.4, 0.5) is 0 Å². The van der Waals surface area contributed by atoms with Gasteiger partial charge in [0.2, 0.25) is 0 Å². The van der Waals surface area contributed by atoms with E-state index in [4.69, 9.17) is 10.5 Å². The van der Waals surface area contributed by atoms with Crippen LogP contribution >= 0.6 is 15.9 Å². The normalized spacial score (nSPS) is 27.8. The van der Waals surface area contributed by atoms with Crippen LogP contribution in [0.25, 0.3) is 0 Å². The first kappa shape index (κ1) is 9.12. The molecule has 0 aliphatic carbocycles. The number of aromatic nitrogens is 1. The number of nitrogens with two attached hydrogens (primary N) is 1. The SMILES string of the molecule is N[C@H]1CCO[C@@H]1c1cncc(Br)c1. The first-order chi connectivity index (χ1) is 6.27. The molecule has 0 saturated carbocycles. The largest absolute Gasteiger partial charge is 0.372 e. The van der Waals surface area contributed by atoms with Crippen molar-refractivity contribution in [1.82, 2.24) is 4.98 Å². The van der Waals surface area contributed by atoms with Crippen molar-refractivity contribution in [3.05, 3.63) is 28.5 Å². The van der Waals surface area contributed by atoms with E-state index in [2.05, 4.69) is 20.9 Å². The summed E-state index contributed by atoms with van der Waals surface area (Å²) in [5, 5.41) is 0. The van der Waals surface area contributed by atoms with Crippen LogP contribution in [0.5, 0.6) is 0 Å². The zero-order valence-electron chi connectivity index (χ0n) is 7.11. The summed E-state index contributed by atoms with van der Waals surface area (Å²) in [7, 11) is 0. The van der Waals surface area contributed by atoms with E-state index in [0.717, 1.165) is 23.1 Å². The van der Waals surface area contributed by atoms with Crippen molar-refractivity contribution in [2.45, 2.75) is 18.6 Å². The number of nitrogens with zero attached hydrogens (tertiary/aromatic N) is 1. The van der Waals surface area contributed by atoms with Gasteiger partial charge in [-0.2, -0.15) is 0 Å². The summed E-state index contributed by atoms with van der Waals surface area (Å²) in [5.41, 5.74) is 6.95. The molecule has 2 N–H and O–H groups in total. The standard InChI is InChI=1S/C9H11BrN2O/c10-7-3-6(4-12-5-7)9-8(11)1-2-13-9/h3-5,8-9H,1-2,11H2/t8-,9+/m0/s1. The average Bonchev–Trinajstić information content (AvgIpc) is 2.51. The zero-order chi connectivity index (χ0) is 9.26. The molecule has 13 heavy (non-hydrogen) atoms. The molecule has 70 valence electrons. The Balaban J connectivity index is 2.24. The van der Waals surface area contributed by atoms with Gasteiger partial charge in [0.25, 0.3) is 0 Å². The van der Waals surface area contributed by atoms with Gasteiger partial charge < -0.3 is 10.5 Å². The molecule has 0 spiro atoms. The van der Waals surface area contributed by atoms with Gasteiger partial charge in [-0.05, 0) is 28.4 Å². The molecule has 1 saturated heterocycles. The van der Waals surface area contributed by atoms with Gasteiger partial charge >= 0.3 is 0 Å². The highest BCUT2D eigenvalue weighted by atomic mass is 79.9. The van der Waals surface area contributed by atoms with Crippen molar-refractivity contribution in [2.24, 2.45) is 5.73 Å². The second-order valence-corrected chi connectivity index (χ2v) is 4.10. The van der Waals surface area contributed by atoms with Gasteiger partial charge in [0.1, 0.15) is 0 Å². The molecule has 0 amide bonds. The molecule has 1 aliphatic rings. The van der Waals surface area contributed by atoms with E-state index in [1.807, 2.05) is 6.07 Å². The summed E-state index contributed by atoms with van der Waals surface area (Å²) < 4.78 is 6.49. The van der Waals surface area contributed by atoms with Gasteiger partial charge in [-0.3, -0.25) is 4.98 Å². The average molecular weight is 243 g/mol. The fraction of sp³-hybridized carbons (Fsp3) is 0.444. The Hall–Kier alpha value is -0.450. The Kier molecular flexibility index (Phi) is 2.62. The summed E-state index contributed by atoms with van der Waals surface area (Å²) in [5.74, 6) is 0. The van der Waals surface area contributed by atoms with E-state index in [-0.39, 0.29) is 12.1 Å². The maximum Gasteiger partial charge on any atom is 0.0991 e. The van der Waals surface area contributed by atoms with E-state index < -0.39 is 0 Å². The highest BCUT2D eigenvalue weighted by Crippen LogP contribution is 2.28. The Labute approximate surface area is 85.4 Å². The molecular formula is C9H11BrN2O. The zero-order valence-corrected chi connectivity index (χ0v) is 8.70. The van der Waals surface area contributed by atoms with E-state index in [0.29, 0.717) is 0 Å². The molecule has 2 heterocycles. The van der Waals surface area contributed by atoms with Crippen LogP contribution in [0, 0.1) is 0 Å². The highest BCUT2D eigenvalue weighted by Gasteiger charge is 2.26. The Bertz CT molecular complexity index is 305. The molecule has 4 heteroatoms. The summed E-state index contributed by atoms with van der Waals surface area (Å²) >= 11 is 3.37. The van der Waals surface area contributed by atoms with Crippen molar-refractivity contribution < 1.29 is 4.74 Å². The number of rotatable bonds is 1. The summed E-state index contributed by atoms with van der Waals surface area (Å²) in [6.45, 7) is 0.748. The number of halogens is 1. The first-order valence-corrected chi connectivity index (χ1v) is 5.04. The monoisotopic (exact) mass is 242 g/mol. The second kappa shape index (κ2) is 3.74. The third-order valence-electron chi connectivity index (χ3n) is 2.19. The van der Waals surface area contributed by atoms with E-state index in [9.17, 15) is 0 Å². The lowest BCUT2D eigenvalue weighted by Gasteiger charge is -2.14. The molecule has 1 aliphatic heterocycles. The van der Waals surface area contributed by atoms with Crippen LogP contribution in [0.3, 0.4) is 0 Å².